The first-order valence-electron chi connectivity index (χ1n) is 8.63. The Balaban J connectivity index is 1.76. The summed E-state index contributed by atoms with van der Waals surface area (Å²) in [6, 6.07) is -0.568. The number of ether oxygens (including phenoxy) is 1. The molecule has 1 amide bonds. The van der Waals surface area contributed by atoms with Gasteiger partial charge >= 0.3 is 12.3 Å². The molecule has 7 nitrogen and oxygen atoms in total. The summed E-state index contributed by atoms with van der Waals surface area (Å²) in [6.07, 6.45) is -3.32. The zero-order chi connectivity index (χ0) is 18.9. The van der Waals surface area contributed by atoms with E-state index in [2.05, 4.69) is 5.16 Å². The van der Waals surface area contributed by atoms with Gasteiger partial charge in [-0.1, -0.05) is 0 Å². The van der Waals surface area contributed by atoms with E-state index in [1.165, 1.54) is 23.0 Å². The first kappa shape index (κ1) is 18.8. The number of hydrogen-bond donors (Lipinski definition) is 1. The predicted octanol–water partition coefficient (Wildman–Crippen LogP) is 2.31. The van der Waals surface area contributed by atoms with Crippen LogP contribution < -0.4 is 5.56 Å². The van der Waals surface area contributed by atoms with Crippen LogP contribution in [0.25, 0.3) is 0 Å². The molecule has 0 aliphatic carbocycles. The van der Waals surface area contributed by atoms with Gasteiger partial charge in [-0.25, -0.2) is 4.79 Å². The number of carbonyl (C=O) groups excluding carboxylic acids is 1. The van der Waals surface area contributed by atoms with Crippen LogP contribution in [0.1, 0.15) is 37.4 Å². The predicted molar refractivity (Wildman–Crippen MR) is 84.9 cm³/mol. The number of aromatic amines is 1. The molecule has 146 valence electrons. The van der Waals surface area contributed by atoms with Crippen molar-refractivity contribution in [2.24, 2.45) is 0 Å². The Morgan fingerprint density at radius 3 is 2.77 bits per heavy atom. The van der Waals surface area contributed by atoms with Gasteiger partial charge in [0.1, 0.15) is 11.8 Å². The van der Waals surface area contributed by atoms with Crippen molar-refractivity contribution < 1.29 is 27.2 Å². The van der Waals surface area contributed by atoms with Crippen LogP contribution in [0.2, 0.25) is 0 Å². The van der Waals surface area contributed by atoms with E-state index in [0.717, 1.165) is 0 Å². The standard InChI is InChI=1S/C16H22F3N3O4/c1-25-15(24)22-6-4-10(12-8-14(23)20-26-12)7-11(22)9-21-5-2-3-13(21)16(17,18)19/h8,10-11,13H,2-7,9H2,1H3,(H,20,23)/t10-,11+,13?/m0/s1. The molecule has 26 heavy (non-hydrogen) atoms. The minimum atomic E-state index is -4.28. The van der Waals surface area contributed by atoms with Gasteiger partial charge in [0, 0.05) is 31.1 Å². The van der Waals surface area contributed by atoms with Gasteiger partial charge in [-0.2, -0.15) is 18.3 Å². The van der Waals surface area contributed by atoms with E-state index >= 15 is 0 Å². The zero-order valence-electron chi connectivity index (χ0n) is 14.4. The molecular weight excluding hydrogens is 355 g/mol. The molecule has 0 radical (unpaired) electrons. The molecule has 3 heterocycles. The summed E-state index contributed by atoms with van der Waals surface area (Å²) in [4.78, 5) is 26.2. The number of carbonyl (C=O) groups is 1. The van der Waals surface area contributed by atoms with Crippen molar-refractivity contribution in [3.05, 3.63) is 22.2 Å². The fraction of sp³-hybridized carbons (Fsp3) is 0.750. The topological polar surface area (TPSA) is 78.8 Å². The van der Waals surface area contributed by atoms with E-state index in [4.69, 9.17) is 9.26 Å². The van der Waals surface area contributed by atoms with Crippen LogP contribution in [-0.4, -0.2) is 66.1 Å². The molecule has 3 rings (SSSR count). The summed E-state index contributed by atoms with van der Waals surface area (Å²) < 4.78 is 49.6. The van der Waals surface area contributed by atoms with Crippen LogP contribution in [0.5, 0.6) is 0 Å². The molecule has 2 aliphatic heterocycles. The van der Waals surface area contributed by atoms with E-state index in [1.807, 2.05) is 0 Å². The van der Waals surface area contributed by atoms with Gasteiger partial charge in [0.05, 0.1) is 7.11 Å². The Labute approximate surface area is 148 Å². The molecule has 1 aromatic rings. The Hall–Kier alpha value is -1.97. The molecule has 2 fully saturated rings. The SMILES string of the molecule is COC(=O)N1CC[C@H](c2cc(=O)[nH]o2)C[C@@H]1CN1CCCC1C(F)(F)F. The van der Waals surface area contributed by atoms with Crippen molar-refractivity contribution in [2.75, 3.05) is 26.7 Å². The molecule has 1 aromatic heterocycles. The third-order valence-electron chi connectivity index (χ3n) is 5.26. The van der Waals surface area contributed by atoms with Crippen molar-refractivity contribution in [1.29, 1.82) is 0 Å². The van der Waals surface area contributed by atoms with Gasteiger partial charge in [-0.05, 0) is 32.2 Å². The van der Waals surface area contributed by atoms with Crippen LogP contribution >= 0.6 is 0 Å². The summed E-state index contributed by atoms with van der Waals surface area (Å²) in [7, 11) is 1.26. The van der Waals surface area contributed by atoms with Crippen molar-refractivity contribution in [1.82, 2.24) is 15.0 Å². The van der Waals surface area contributed by atoms with E-state index < -0.39 is 24.4 Å². The number of methoxy groups -OCH3 is 1. The highest BCUT2D eigenvalue weighted by molar-refractivity contribution is 5.68. The van der Waals surface area contributed by atoms with E-state index in [-0.39, 0.29) is 24.4 Å². The van der Waals surface area contributed by atoms with Gasteiger partial charge in [0.15, 0.2) is 0 Å². The molecule has 0 bridgehead atoms. The summed E-state index contributed by atoms with van der Waals surface area (Å²) >= 11 is 0. The molecule has 2 aliphatic rings. The number of alkyl halides is 3. The third kappa shape index (κ3) is 3.89. The highest BCUT2D eigenvalue weighted by Gasteiger charge is 2.47. The minimum Gasteiger partial charge on any atom is -0.453 e. The van der Waals surface area contributed by atoms with Gasteiger partial charge in [-0.15, -0.1) is 0 Å². The lowest BCUT2D eigenvalue weighted by atomic mass is 9.88. The highest BCUT2D eigenvalue weighted by atomic mass is 19.4. The fourth-order valence-corrected chi connectivity index (χ4v) is 4.02. The molecule has 1 unspecified atom stereocenters. The average molecular weight is 377 g/mol. The number of halogens is 3. The number of H-pyrrole nitrogens is 1. The number of hydrogen-bond acceptors (Lipinski definition) is 5. The Kier molecular flexibility index (Phi) is 5.31. The van der Waals surface area contributed by atoms with E-state index in [0.29, 0.717) is 38.1 Å². The summed E-state index contributed by atoms with van der Waals surface area (Å²) in [6.45, 7) is 0.797. The zero-order valence-corrected chi connectivity index (χ0v) is 14.4. The number of rotatable bonds is 3. The molecule has 0 saturated carbocycles. The van der Waals surface area contributed by atoms with Gasteiger partial charge in [0.25, 0.3) is 5.56 Å². The molecular formula is C16H22F3N3O4. The third-order valence-corrected chi connectivity index (χ3v) is 5.26. The van der Waals surface area contributed by atoms with Crippen LogP contribution in [0.15, 0.2) is 15.4 Å². The van der Waals surface area contributed by atoms with Crippen LogP contribution in [0, 0.1) is 0 Å². The number of nitrogens with zero attached hydrogens (tertiary/aromatic N) is 2. The first-order chi connectivity index (χ1) is 12.3. The second-order valence-corrected chi connectivity index (χ2v) is 6.85. The number of likely N-dealkylation sites (tertiary alicyclic amines) is 2. The van der Waals surface area contributed by atoms with E-state index in [9.17, 15) is 22.8 Å². The molecule has 3 atom stereocenters. The Morgan fingerprint density at radius 2 is 2.15 bits per heavy atom. The second kappa shape index (κ2) is 7.34. The molecule has 0 aromatic carbocycles. The van der Waals surface area contributed by atoms with Gasteiger partial charge < -0.3 is 14.2 Å². The normalized spacial score (nSPS) is 27.7. The molecule has 1 N–H and O–H groups in total. The smallest absolute Gasteiger partial charge is 0.409 e. The lowest BCUT2D eigenvalue weighted by Gasteiger charge is -2.40. The maximum atomic E-state index is 13.2. The van der Waals surface area contributed by atoms with Crippen molar-refractivity contribution >= 4 is 6.09 Å². The van der Waals surface area contributed by atoms with Crippen LogP contribution in [0.4, 0.5) is 18.0 Å². The van der Waals surface area contributed by atoms with Crippen LogP contribution in [0.3, 0.4) is 0 Å². The maximum absolute atomic E-state index is 13.2. The summed E-state index contributed by atoms with van der Waals surface area (Å²) in [5.41, 5.74) is -0.358. The largest absolute Gasteiger partial charge is 0.453 e. The summed E-state index contributed by atoms with van der Waals surface area (Å²) in [5.74, 6) is 0.338. The number of aromatic nitrogens is 1. The van der Waals surface area contributed by atoms with E-state index in [1.54, 1.807) is 0 Å². The van der Waals surface area contributed by atoms with Gasteiger partial charge in [0.2, 0.25) is 0 Å². The average Bonchev–Trinajstić information content (AvgIpc) is 3.22. The monoisotopic (exact) mass is 377 g/mol. The molecule has 10 heteroatoms. The highest BCUT2D eigenvalue weighted by Crippen LogP contribution is 2.36. The number of nitrogens with one attached hydrogen (secondary N) is 1. The summed E-state index contributed by atoms with van der Waals surface area (Å²) in [5, 5.41) is 2.23. The minimum absolute atomic E-state index is 0.0740. The van der Waals surface area contributed by atoms with Gasteiger partial charge in [-0.3, -0.25) is 9.69 Å². The lowest BCUT2D eigenvalue weighted by Crippen LogP contribution is -2.53. The van der Waals surface area contributed by atoms with Crippen molar-refractivity contribution in [3.8, 4) is 0 Å². The quantitative estimate of drug-likeness (QED) is 0.875. The second-order valence-electron chi connectivity index (χ2n) is 6.85. The van der Waals surface area contributed by atoms with Crippen LogP contribution in [-0.2, 0) is 4.74 Å². The fourth-order valence-electron chi connectivity index (χ4n) is 4.02. The maximum Gasteiger partial charge on any atom is 0.409 e. The Bertz CT molecular complexity index is 687. The number of amides is 1. The van der Waals surface area contributed by atoms with Crippen molar-refractivity contribution in [3.63, 3.8) is 0 Å². The lowest BCUT2D eigenvalue weighted by molar-refractivity contribution is -0.177. The van der Waals surface area contributed by atoms with Crippen molar-refractivity contribution in [2.45, 2.75) is 49.9 Å². The molecule has 2 saturated heterocycles. The molecule has 0 spiro atoms. The Morgan fingerprint density at radius 1 is 1.38 bits per heavy atom. The number of piperidine rings is 1. The first-order valence-corrected chi connectivity index (χ1v) is 8.63.